The van der Waals surface area contributed by atoms with E-state index in [2.05, 4.69) is 5.32 Å². The highest BCUT2D eigenvalue weighted by atomic mass is 16.6. The second-order valence-electron chi connectivity index (χ2n) is 5.90. The highest BCUT2D eigenvalue weighted by molar-refractivity contribution is 5.67. The summed E-state index contributed by atoms with van der Waals surface area (Å²) >= 11 is 0. The second kappa shape index (κ2) is 7.33. The van der Waals surface area contributed by atoms with Gasteiger partial charge in [0, 0.05) is 6.54 Å². The fourth-order valence-electron chi connectivity index (χ4n) is 1.77. The van der Waals surface area contributed by atoms with Gasteiger partial charge in [-0.1, -0.05) is 6.07 Å². The predicted molar refractivity (Wildman–Crippen MR) is 82.6 cm³/mol. The molecule has 0 aliphatic rings. The molecule has 1 aromatic carbocycles. The number of nitrogens with two attached hydrogens (primary N) is 1. The molecule has 0 saturated heterocycles. The summed E-state index contributed by atoms with van der Waals surface area (Å²) in [6.07, 6.45) is -3.04. The summed E-state index contributed by atoms with van der Waals surface area (Å²) in [5, 5.41) is 22.4. The number of carbonyl (C=O) groups is 1. The van der Waals surface area contributed by atoms with Crippen molar-refractivity contribution in [1.29, 1.82) is 0 Å². The van der Waals surface area contributed by atoms with Crippen LogP contribution in [0.15, 0.2) is 18.2 Å². The van der Waals surface area contributed by atoms with Crippen LogP contribution in [0.3, 0.4) is 0 Å². The molecule has 124 valence electrons. The lowest BCUT2D eigenvalue weighted by Crippen LogP contribution is -2.38. The van der Waals surface area contributed by atoms with Crippen LogP contribution in [0.1, 0.15) is 32.4 Å². The normalized spacial score (nSPS) is 14.1. The van der Waals surface area contributed by atoms with Crippen molar-refractivity contribution in [2.75, 3.05) is 19.4 Å². The maximum atomic E-state index is 11.5. The Balaban J connectivity index is 2.60. The maximum absolute atomic E-state index is 11.5. The van der Waals surface area contributed by atoms with Gasteiger partial charge in [0.1, 0.15) is 23.6 Å². The van der Waals surface area contributed by atoms with E-state index in [9.17, 15) is 15.0 Å². The number of nitrogens with one attached hydrogen (secondary N) is 1. The number of ether oxygens (including phenoxy) is 2. The molecule has 0 fully saturated rings. The van der Waals surface area contributed by atoms with Crippen LogP contribution in [0.5, 0.6) is 5.75 Å². The molecule has 1 amide bonds. The quantitative estimate of drug-likeness (QED) is 0.607. The summed E-state index contributed by atoms with van der Waals surface area (Å²) in [4.78, 5) is 11.5. The Labute approximate surface area is 130 Å². The maximum Gasteiger partial charge on any atom is 0.407 e. The number of anilines is 1. The molecule has 2 atom stereocenters. The zero-order chi connectivity index (χ0) is 16.9. The molecule has 1 rings (SSSR count). The van der Waals surface area contributed by atoms with Crippen LogP contribution < -0.4 is 15.8 Å². The van der Waals surface area contributed by atoms with Gasteiger partial charge in [-0.25, -0.2) is 4.79 Å². The summed E-state index contributed by atoms with van der Waals surface area (Å²) < 4.78 is 10.1. The number of benzene rings is 1. The minimum Gasteiger partial charge on any atom is -0.495 e. The van der Waals surface area contributed by atoms with Gasteiger partial charge in [0.25, 0.3) is 0 Å². The van der Waals surface area contributed by atoms with E-state index < -0.39 is 23.9 Å². The Morgan fingerprint density at radius 1 is 1.36 bits per heavy atom. The van der Waals surface area contributed by atoms with Crippen molar-refractivity contribution in [1.82, 2.24) is 5.32 Å². The Morgan fingerprint density at radius 2 is 2.00 bits per heavy atom. The van der Waals surface area contributed by atoms with Gasteiger partial charge in [-0.2, -0.15) is 0 Å². The molecule has 0 aliphatic heterocycles. The molecule has 0 heterocycles. The largest absolute Gasteiger partial charge is 0.495 e. The van der Waals surface area contributed by atoms with E-state index in [-0.39, 0.29) is 6.54 Å². The highest BCUT2D eigenvalue weighted by Gasteiger charge is 2.22. The second-order valence-corrected chi connectivity index (χ2v) is 5.90. The number of methoxy groups -OCH3 is 1. The number of carbonyl (C=O) groups excluding carboxylic acids is 1. The molecule has 0 aromatic heterocycles. The molecular formula is C15H24N2O5. The topological polar surface area (TPSA) is 114 Å². The Bertz CT molecular complexity index is 513. The molecule has 0 aliphatic carbocycles. The Kier molecular flexibility index (Phi) is 6.01. The summed E-state index contributed by atoms with van der Waals surface area (Å²) in [5.41, 5.74) is 5.91. The number of rotatable bonds is 5. The van der Waals surface area contributed by atoms with E-state index in [1.807, 2.05) is 0 Å². The van der Waals surface area contributed by atoms with Crippen LogP contribution in [-0.2, 0) is 4.74 Å². The zero-order valence-electron chi connectivity index (χ0n) is 13.3. The van der Waals surface area contributed by atoms with E-state index in [4.69, 9.17) is 15.2 Å². The van der Waals surface area contributed by atoms with E-state index in [0.717, 1.165) is 0 Å². The van der Waals surface area contributed by atoms with E-state index in [1.54, 1.807) is 32.9 Å². The number of nitrogen functional groups attached to an aromatic ring is 1. The van der Waals surface area contributed by atoms with Crippen LogP contribution in [-0.4, -0.2) is 41.7 Å². The molecule has 1 aromatic rings. The number of hydrogen-bond acceptors (Lipinski definition) is 6. The van der Waals surface area contributed by atoms with Gasteiger partial charge in [0.05, 0.1) is 12.8 Å². The van der Waals surface area contributed by atoms with Crippen LogP contribution >= 0.6 is 0 Å². The predicted octanol–water partition coefficient (Wildman–Crippen LogP) is 1.20. The van der Waals surface area contributed by atoms with Crippen LogP contribution in [0.25, 0.3) is 0 Å². The van der Waals surface area contributed by atoms with Crippen molar-refractivity contribution in [3.63, 3.8) is 0 Å². The number of aliphatic hydroxyl groups is 2. The first-order valence-corrected chi connectivity index (χ1v) is 6.90. The Hall–Kier alpha value is -1.99. The van der Waals surface area contributed by atoms with Gasteiger partial charge in [-0.05, 0) is 38.5 Å². The summed E-state index contributed by atoms with van der Waals surface area (Å²) in [7, 11) is 1.49. The van der Waals surface area contributed by atoms with Crippen molar-refractivity contribution in [3.05, 3.63) is 23.8 Å². The number of amides is 1. The summed E-state index contributed by atoms with van der Waals surface area (Å²) in [5.74, 6) is 0.484. The van der Waals surface area contributed by atoms with Crippen LogP contribution in [0.4, 0.5) is 10.5 Å². The minimum absolute atomic E-state index is 0.151. The fourth-order valence-corrected chi connectivity index (χ4v) is 1.77. The average Bonchev–Trinajstić information content (AvgIpc) is 2.42. The van der Waals surface area contributed by atoms with Gasteiger partial charge in [0.2, 0.25) is 0 Å². The lowest BCUT2D eigenvalue weighted by Gasteiger charge is -2.22. The first-order chi connectivity index (χ1) is 10.1. The molecular weight excluding hydrogens is 288 g/mol. The number of hydrogen-bond donors (Lipinski definition) is 4. The molecule has 2 unspecified atom stereocenters. The van der Waals surface area contributed by atoms with Crippen LogP contribution in [0.2, 0.25) is 0 Å². The Morgan fingerprint density at radius 3 is 2.50 bits per heavy atom. The van der Waals surface area contributed by atoms with Crippen molar-refractivity contribution in [2.24, 2.45) is 0 Å². The van der Waals surface area contributed by atoms with Gasteiger partial charge in [-0.15, -0.1) is 0 Å². The van der Waals surface area contributed by atoms with Crippen molar-refractivity contribution >= 4 is 11.8 Å². The number of aliphatic hydroxyl groups excluding tert-OH is 2. The van der Waals surface area contributed by atoms with Gasteiger partial charge >= 0.3 is 6.09 Å². The van der Waals surface area contributed by atoms with Crippen molar-refractivity contribution in [2.45, 2.75) is 38.6 Å². The number of alkyl carbamates (subject to hydrolysis) is 1. The monoisotopic (exact) mass is 312 g/mol. The van der Waals surface area contributed by atoms with E-state index in [0.29, 0.717) is 17.0 Å². The lowest BCUT2D eigenvalue weighted by molar-refractivity contribution is 0.0129. The molecule has 0 spiro atoms. The first-order valence-electron chi connectivity index (χ1n) is 6.90. The smallest absolute Gasteiger partial charge is 0.407 e. The van der Waals surface area contributed by atoms with E-state index in [1.165, 1.54) is 13.2 Å². The zero-order valence-corrected chi connectivity index (χ0v) is 13.3. The van der Waals surface area contributed by atoms with Gasteiger partial charge in [0.15, 0.2) is 0 Å². The van der Waals surface area contributed by atoms with Gasteiger partial charge < -0.3 is 30.7 Å². The standard InChI is InChI=1S/C15H24N2O5/c1-15(2,3)22-14(20)17-8-11(18)13(19)9-5-6-12(21-4)10(16)7-9/h5-7,11,13,18-19H,8,16H2,1-4H3,(H,17,20). The molecule has 7 heteroatoms. The fraction of sp³-hybridized carbons (Fsp3) is 0.533. The molecule has 22 heavy (non-hydrogen) atoms. The third-order valence-corrected chi connectivity index (χ3v) is 2.81. The molecule has 5 N–H and O–H groups in total. The average molecular weight is 312 g/mol. The third-order valence-electron chi connectivity index (χ3n) is 2.81. The SMILES string of the molecule is COc1ccc(C(O)C(O)CNC(=O)OC(C)(C)C)cc1N. The van der Waals surface area contributed by atoms with Crippen molar-refractivity contribution in [3.8, 4) is 5.75 Å². The van der Waals surface area contributed by atoms with Crippen LogP contribution in [0, 0.1) is 0 Å². The molecule has 0 saturated carbocycles. The first kappa shape index (κ1) is 18.1. The molecule has 0 bridgehead atoms. The lowest BCUT2D eigenvalue weighted by atomic mass is 10.0. The molecule has 7 nitrogen and oxygen atoms in total. The summed E-state index contributed by atoms with van der Waals surface area (Å²) in [6, 6.07) is 4.71. The third kappa shape index (κ3) is 5.42. The summed E-state index contributed by atoms with van der Waals surface area (Å²) in [6.45, 7) is 5.05. The molecule has 0 radical (unpaired) electrons. The van der Waals surface area contributed by atoms with Crippen molar-refractivity contribution < 1.29 is 24.5 Å². The minimum atomic E-state index is -1.19. The van der Waals surface area contributed by atoms with E-state index >= 15 is 0 Å². The highest BCUT2D eigenvalue weighted by Crippen LogP contribution is 2.26. The van der Waals surface area contributed by atoms with Gasteiger partial charge in [-0.3, -0.25) is 0 Å².